The predicted octanol–water partition coefficient (Wildman–Crippen LogP) is 1.71. The molecule has 2 rings (SSSR count). The molecule has 0 aliphatic carbocycles. The number of hydrogen-bond acceptors (Lipinski definition) is 3. The summed E-state index contributed by atoms with van der Waals surface area (Å²) in [5.41, 5.74) is 0.0874. The molecule has 19 heavy (non-hydrogen) atoms. The van der Waals surface area contributed by atoms with E-state index < -0.39 is 31.1 Å². The Bertz CT molecular complexity index is 542. The number of carboxylic acids is 1. The summed E-state index contributed by atoms with van der Waals surface area (Å²) < 4.78 is 37.3. The molecule has 0 radical (unpaired) electrons. The third kappa shape index (κ3) is 2.95. The highest BCUT2D eigenvalue weighted by Gasteiger charge is 2.34. The van der Waals surface area contributed by atoms with Crippen LogP contribution in [0.15, 0.2) is 18.2 Å². The topological polar surface area (TPSA) is 69.6 Å². The van der Waals surface area contributed by atoms with E-state index in [-0.39, 0.29) is 16.9 Å². The molecule has 2 N–H and O–H groups in total. The number of rotatable bonds is 2. The van der Waals surface area contributed by atoms with Gasteiger partial charge in [0.2, 0.25) is 5.91 Å². The van der Waals surface area contributed by atoms with Crippen LogP contribution in [0.1, 0.15) is 10.4 Å². The van der Waals surface area contributed by atoms with Crippen molar-refractivity contribution >= 4 is 23.3 Å². The number of benzene rings is 1. The summed E-state index contributed by atoms with van der Waals surface area (Å²) in [6, 6.07) is 3.61. The number of carbonyl (C=O) groups excluding carboxylic acids is 1. The number of alkyl halides is 3. The van der Waals surface area contributed by atoms with Gasteiger partial charge in [-0.15, -0.1) is 0 Å². The van der Waals surface area contributed by atoms with Crippen LogP contribution in [0, 0.1) is 0 Å². The third-order valence-electron chi connectivity index (χ3n) is 2.56. The monoisotopic (exact) mass is 274 g/mol. The fourth-order valence-electron chi connectivity index (χ4n) is 1.84. The van der Waals surface area contributed by atoms with Crippen LogP contribution in [0.2, 0.25) is 0 Å². The lowest BCUT2D eigenvalue weighted by atomic mass is 10.1. The molecule has 1 aliphatic rings. The summed E-state index contributed by atoms with van der Waals surface area (Å²) in [7, 11) is 0. The maximum Gasteiger partial charge on any atom is 0.405 e. The number of carbonyl (C=O) groups is 2. The first-order valence-electron chi connectivity index (χ1n) is 5.25. The smallest absolute Gasteiger partial charge is 0.405 e. The van der Waals surface area contributed by atoms with Crippen LogP contribution in [0.3, 0.4) is 0 Å². The zero-order valence-corrected chi connectivity index (χ0v) is 9.49. The molecule has 1 aromatic rings. The van der Waals surface area contributed by atoms with Gasteiger partial charge < -0.3 is 15.3 Å². The van der Waals surface area contributed by atoms with Crippen LogP contribution < -0.4 is 10.2 Å². The lowest BCUT2D eigenvalue weighted by Crippen LogP contribution is -2.43. The first-order valence-corrected chi connectivity index (χ1v) is 5.25. The molecule has 8 heteroatoms. The highest BCUT2D eigenvalue weighted by molar-refractivity contribution is 6.02. The van der Waals surface area contributed by atoms with Crippen LogP contribution in [-0.4, -0.2) is 36.2 Å². The minimum absolute atomic E-state index is 0.0526. The summed E-state index contributed by atoms with van der Waals surface area (Å²) in [6.45, 7) is -1.77. The summed E-state index contributed by atoms with van der Waals surface area (Å²) in [6.07, 6.45) is -4.48. The van der Waals surface area contributed by atoms with E-state index in [1.165, 1.54) is 12.1 Å². The molecule has 0 bridgehead atoms. The molecule has 0 unspecified atom stereocenters. The van der Waals surface area contributed by atoms with Crippen LogP contribution in [0.4, 0.5) is 24.5 Å². The van der Waals surface area contributed by atoms with Gasteiger partial charge in [-0.1, -0.05) is 0 Å². The van der Waals surface area contributed by atoms with Crippen molar-refractivity contribution in [2.75, 3.05) is 23.3 Å². The van der Waals surface area contributed by atoms with Gasteiger partial charge in [0.05, 0.1) is 23.5 Å². The zero-order chi connectivity index (χ0) is 14.2. The number of fused-ring (bicyclic) bond motifs is 1. The summed E-state index contributed by atoms with van der Waals surface area (Å²) >= 11 is 0. The molecule has 5 nitrogen and oxygen atoms in total. The van der Waals surface area contributed by atoms with E-state index in [1.54, 1.807) is 0 Å². The lowest BCUT2D eigenvalue weighted by molar-refractivity contribution is -0.122. The van der Waals surface area contributed by atoms with Crippen molar-refractivity contribution < 1.29 is 27.9 Å². The van der Waals surface area contributed by atoms with Crippen molar-refractivity contribution in [2.24, 2.45) is 0 Å². The number of hydrogen-bond donors (Lipinski definition) is 2. The Morgan fingerprint density at radius 2 is 2.11 bits per heavy atom. The van der Waals surface area contributed by atoms with E-state index >= 15 is 0 Å². The largest absolute Gasteiger partial charge is 0.478 e. The fourth-order valence-corrected chi connectivity index (χ4v) is 1.84. The standard InChI is InChI=1S/C11H9F3N2O3/c12-11(13,14)5-16-4-9(17)15-7-2-1-6(10(18)19)3-8(7)16/h1-3H,4-5H2,(H,15,17)(H,18,19). The average Bonchev–Trinajstić information content (AvgIpc) is 2.25. The zero-order valence-electron chi connectivity index (χ0n) is 9.49. The van der Waals surface area contributed by atoms with Gasteiger partial charge in [-0.25, -0.2) is 4.79 Å². The molecule has 1 aromatic carbocycles. The second kappa shape index (κ2) is 4.45. The van der Waals surface area contributed by atoms with E-state index in [0.717, 1.165) is 11.0 Å². The van der Waals surface area contributed by atoms with Crippen molar-refractivity contribution in [2.45, 2.75) is 6.18 Å². The van der Waals surface area contributed by atoms with Crippen molar-refractivity contribution in [3.05, 3.63) is 23.8 Å². The first-order chi connectivity index (χ1) is 8.76. The first kappa shape index (κ1) is 13.2. The van der Waals surface area contributed by atoms with Gasteiger partial charge in [0.15, 0.2) is 0 Å². The Labute approximate surface area is 105 Å². The van der Waals surface area contributed by atoms with Crippen molar-refractivity contribution in [3.63, 3.8) is 0 Å². The Hall–Kier alpha value is -2.25. The molecular formula is C11H9F3N2O3. The third-order valence-corrected chi connectivity index (χ3v) is 2.56. The van der Waals surface area contributed by atoms with Gasteiger partial charge in [-0.3, -0.25) is 4.79 Å². The quantitative estimate of drug-likeness (QED) is 0.861. The van der Waals surface area contributed by atoms with Crippen molar-refractivity contribution in [1.29, 1.82) is 0 Å². The number of halogens is 3. The number of carboxylic acid groups (broad SMARTS) is 1. The van der Waals surface area contributed by atoms with Crippen LogP contribution in [0.25, 0.3) is 0 Å². The molecule has 102 valence electrons. The number of aromatic carboxylic acids is 1. The van der Waals surface area contributed by atoms with Gasteiger partial charge >= 0.3 is 12.1 Å². The van der Waals surface area contributed by atoms with Crippen LogP contribution >= 0.6 is 0 Å². The number of anilines is 2. The van der Waals surface area contributed by atoms with Crippen LogP contribution in [0.5, 0.6) is 0 Å². The van der Waals surface area contributed by atoms with Gasteiger partial charge in [-0.2, -0.15) is 13.2 Å². The van der Waals surface area contributed by atoms with Gasteiger partial charge in [0, 0.05) is 0 Å². The van der Waals surface area contributed by atoms with Crippen molar-refractivity contribution in [1.82, 2.24) is 0 Å². The van der Waals surface area contributed by atoms with Crippen LogP contribution in [-0.2, 0) is 4.79 Å². The van der Waals surface area contributed by atoms with E-state index in [9.17, 15) is 22.8 Å². The predicted molar refractivity (Wildman–Crippen MR) is 60.3 cm³/mol. The maximum atomic E-state index is 12.4. The highest BCUT2D eigenvalue weighted by atomic mass is 19.4. The van der Waals surface area contributed by atoms with E-state index in [0.29, 0.717) is 0 Å². The number of nitrogens with zero attached hydrogens (tertiary/aromatic N) is 1. The Balaban J connectivity index is 2.41. The molecule has 0 saturated heterocycles. The highest BCUT2D eigenvalue weighted by Crippen LogP contribution is 2.32. The molecule has 0 spiro atoms. The Kier molecular flexibility index (Phi) is 3.09. The SMILES string of the molecule is O=C1CN(CC(F)(F)F)c2cc(C(=O)O)ccc2N1. The lowest BCUT2D eigenvalue weighted by Gasteiger charge is -2.31. The molecule has 1 heterocycles. The summed E-state index contributed by atoms with van der Waals surface area (Å²) in [4.78, 5) is 22.9. The minimum atomic E-state index is -4.48. The molecule has 0 fully saturated rings. The average molecular weight is 274 g/mol. The van der Waals surface area contributed by atoms with Gasteiger partial charge in [-0.05, 0) is 18.2 Å². The van der Waals surface area contributed by atoms with Gasteiger partial charge in [0.1, 0.15) is 6.54 Å². The number of amides is 1. The molecule has 1 aliphatic heterocycles. The molecule has 0 saturated carbocycles. The van der Waals surface area contributed by atoms with Gasteiger partial charge in [0.25, 0.3) is 0 Å². The normalized spacial score (nSPS) is 14.9. The molecule has 0 aromatic heterocycles. The van der Waals surface area contributed by atoms with Crippen molar-refractivity contribution in [3.8, 4) is 0 Å². The molecular weight excluding hydrogens is 265 g/mol. The maximum absolute atomic E-state index is 12.4. The van der Waals surface area contributed by atoms with E-state index in [1.807, 2.05) is 0 Å². The summed E-state index contributed by atoms with van der Waals surface area (Å²) in [5.74, 6) is -1.81. The summed E-state index contributed by atoms with van der Waals surface area (Å²) in [5, 5.41) is 11.2. The molecule has 1 amide bonds. The Morgan fingerprint density at radius 1 is 1.42 bits per heavy atom. The number of nitrogens with one attached hydrogen (secondary N) is 1. The second-order valence-electron chi connectivity index (χ2n) is 4.06. The Morgan fingerprint density at radius 3 is 2.68 bits per heavy atom. The minimum Gasteiger partial charge on any atom is -0.478 e. The second-order valence-corrected chi connectivity index (χ2v) is 4.06. The van der Waals surface area contributed by atoms with E-state index in [4.69, 9.17) is 5.11 Å². The molecule has 0 atom stereocenters. The fraction of sp³-hybridized carbons (Fsp3) is 0.273. The van der Waals surface area contributed by atoms with E-state index in [2.05, 4.69) is 5.32 Å².